The lowest BCUT2D eigenvalue weighted by Crippen LogP contribution is -2.49. The van der Waals surface area contributed by atoms with Gasteiger partial charge in [-0.2, -0.15) is 4.98 Å². The molecule has 198 valence electrons. The van der Waals surface area contributed by atoms with E-state index in [1.807, 2.05) is 41.3 Å². The molecule has 0 aliphatic carbocycles. The predicted octanol–water partition coefficient (Wildman–Crippen LogP) is 5.75. The number of ether oxygens (including phenoxy) is 1. The van der Waals surface area contributed by atoms with E-state index < -0.39 is 0 Å². The summed E-state index contributed by atoms with van der Waals surface area (Å²) in [5.41, 5.74) is 2.78. The van der Waals surface area contributed by atoms with E-state index in [1.54, 1.807) is 7.11 Å². The lowest BCUT2D eigenvalue weighted by Gasteiger charge is -2.36. The van der Waals surface area contributed by atoms with Gasteiger partial charge in [0.2, 0.25) is 0 Å². The number of nitrogens with zero attached hydrogens (tertiary/aromatic N) is 5. The van der Waals surface area contributed by atoms with Crippen LogP contribution in [0.15, 0.2) is 71.3 Å². The lowest BCUT2D eigenvalue weighted by atomic mass is 10.0. The Hall–Kier alpha value is -4.46. The summed E-state index contributed by atoms with van der Waals surface area (Å²) in [6.07, 6.45) is 2.83. The van der Waals surface area contributed by atoms with Gasteiger partial charge in [-0.1, -0.05) is 67.0 Å². The standard InChI is InChI=1S/C31H31N5O3/c1-3-4-13-26-32-29(35-16-18-36(19-17-35)31(37)24-11-7-8-12-25(24)38-2)27-28(34-39-30(27)33-26)23-15-14-21-9-5-6-10-22(21)20-23/h5-12,14-15,20H,3-4,13,16-19H2,1-2H3. The van der Waals surface area contributed by atoms with Crippen molar-refractivity contribution in [2.45, 2.75) is 26.2 Å². The third-order valence-electron chi connectivity index (χ3n) is 7.34. The largest absolute Gasteiger partial charge is 0.496 e. The van der Waals surface area contributed by atoms with Crippen molar-refractivity contribution in [3.63, 3.8) is 0 Å². The molecule has 0 unspecified atom stereocenters. The summed E-state index contributed by atoms with van der Waals surface area (Å²) >= 11 is 0. The van der Waals surface area contributed by atoms with Crippen LogP contribution in [0.2, 0.25) is 0 Å². The van der Waals surface area contributed by atoms with E-state index in [4.69, 9.17) is 19.2 Å². The number of rotatable bonds is 7. The fourth-order valence-corrected chi connectivity index (χ4v) is 5.20. The first-order valence-electron chi connectivity index (χ1n) is 13.5. The van der Waals surface area contributed by atoms with Gasteiger partial charge in [0.25, 0.3) is 11.6 Å². The average Bonchev–Trinajstić information content (AvgIpc) is 3.43. The Morgan fingerprint density at radius 1 is 0.949 bits per heavy atom. The molecule has 3 aromatic carbocycles. The first-order chi connectivity index (χ1) is 19.2. The summed E-state index contributed by atoms with van der Waals surface area (Å²) in [6.45, 7) is 4.58. The van der Waals surface area contributed by atoms with E-state index >= 15 is 0 Å². The van der Waals surface area contributed by atoms with E-state index in [0.717, 1.165) is 52.9 Å². The lowest BCUT2D eigenvalue weighted by molar-refractivity contribution is 0.0743. The van der Waals surface area contributed by atoms with Crippen LogP contribution in [0.1, 0.15) is 35.9 Å². The molecule has 1 amide bonds. The molecule has 1 aliphatic rings. The molecular weight excluding hydrogens is 490 g/mol. The highest BCUT2D eigenvalue weighted by molar-refractivity contribution is 6.00. The summed E-state index contributed by atoms with van der Waals surface area (Å²) in [5, 5.41) is 7.59. The van der Waals surface area contributed by atoms with E-state index in [0.29, 0.717) is 43.2 Å². The normalized spacial score (nSPS) is 13.8. The number of fused-ring (bicyclic) bond motifs is 2. The van der Waals surface area contributed by atoms with Gasteiger partial charge in [-0.25, -0.2) is 4.98 Å². The Balaban J connectivity index is 1.34. The van der Waals surface area contributed by atoms with Gasteiger partial charge < -0.3 is 19.1 Å². The van der Waals surface area contributed by atoms with Crippen molar-refractivity contribution in [2.24, 2.45) is 0 Å². The summed E-state index contributed by atoms with van der Waals surface area (Å²) < 4.78 is 11.2. The maximum atomic E-state index is 13.3. The smallest absolute Gasteiger partial charge is 0.263 e. The fraction of sp³-hybridized carbons (Fsp3) is 0.290. The van der Waals surface area contributed by atoms with Crippen molar-refractivity contribution in [3.05, 3.63) is 78.1 Å². The van der Waals surface area contributed by atoms with Gasteiger partial charge >= 0.3 is 0 Å². The minimum Gasteiger partial charge on any atom is -0.496 e. The molecule has 8 nitrogen and oxygen atoms in total. The molecule has 2 aromatic heterocycles. The van der Waals surface area contributed by atoms with Crippen molar-refractivity contribution in [1.29, 1.82) is 0 Å². The zero-order valence-corrected chi connectivity index (χ0v) is 22.3. The maximum Gasteiger partial charge on any atom is 0.263 e. The van der Waals surface area contributed by atoms with E-state index in [-0.39, 0.29) is 5.91 Å². The molecule has 8 heteroatoms. The van der Waals surface area contributed by atoms with Crippen molar-refractivity contribution >= 4 is 33.6 Å². The summed E-state index contributed by atoms with van der Waals surface area (Å²) in [6, 6.07) is 21.9. The number of carbonyl (C=O) groups excluding carboxylic acids is 1. The number of aromatic nitrogens is 3. The van der Waals surface area contributed by atoms with Crippen LogP contribution in [0.3, 0.4) is 0 Å². The Labute approximate surface area is 227 Å². The number of hydrogen-bond acceptors (Lipinski definition) is 7. The van der Waals surface area contributed by atoms with Crippen molar-refractivity contribution in [1.82, 2.24) is 20.0 Å². The van der Waals surface area contributed by atoms with Crippen LogP contribution in [-0.4, -0.2) is 59.2 Å². The minimum absolute atomic E-state index is 0.0228. The number of hydrogen-bond donors (Lipinski definition) is 0. The monoisotopic (exact) mass is 521 g/mol. The zero-order valence-electron chi connectivity index (χ0n) is 22.3. The second kappa shape index (κ2) is 10.7. The van der Waals surface area contributed by atoms with Gasteiger partial charge in [0.05, 0.1) is 12.7 Å². The number of methoxy groups -OCH3 is 1. The quantitative estimate of drug-likeness (QED) is 0.270. The number of piperazine rings is 1. The second-order valence-corrected chi connectivity index (χ2v) is 9.82. The number of amides is 1. The van der Waals surface area contributed by atoms with E-state index in [1.165, 1.54) is 5.39 Å². The van der Waals surface area contributed by atoms with Crippen molar-refractivity contribution in [3.8, 4) is 17.0 Å². The van der Waals surface area contributed by atoms with Gasteiger partial charge in [0.1, 0.15) is 28.5 Å². The molecule has 1 saturated heterocycles. The Morgan fingerprint density at radius 2 is 1.72 bits per heavy atom. The van der Waals surface area contributed by atoms with Gasteiger partial charge in [0, 0.05) is 38.2 Å². The average molecular weight is 522 g/mol. The fourth-order valence-electron chi connectivity index (χ4n) is 5.20. The predicted molar refractivity (Wildman–Crippen MR) is 152 cm³/mol. The highest BCUT2D eigenvalue weighted by Gasteiger charge is 2.28. The van der Waals surface area contributed by atoms with Crippen LogP contribution in [0.25, 0.3) is 33.1 Å². The molecule has 0 spiro atoms. The van der Waals surface area contributed by atoms with Crippen LogP contribution in [-0.2, 0) is 6.42 Å². The molecule has 6 rings (SSSR count). The number of carbonyl (C=O) groups is 1. The molecular formula is C31H31N5O3. The number of benzene rings is 3. The van der Waals surface area contributed by atoms with Crippen LogP contribution in [0, 0.1) is 0 Å². The SMILES string of the molecule is CCCCc1nc(N2CCN(C(=O)c3ccccc3OC)CC2)c2c(-c3ccc4ccccc4c3)noc2n1. The number of anilines is 1. The van der Waals surface area contributed by atoms with Gasteiger partial charge in [0.15, 0.2) is 0 Å². The second-order valence-electron chi connectivity index (χ2n) is 9.82. The Kier molecular flexibility index (Phi) is 6.84. The zero-order chi connectivity index (χ0) is 26.8. The Bertz CT molecular complexity index is 1640. The van der Waals surface area contributed by atoms with Crippen molar-refractivity contribution in [2.75, 3.05) is 38.2 Å². The van der Waals surface area contributed by atoms with E-state index in [9.17, 15) is 4.79 Å². The molecule has 39 heavy (non-hydrogen) atoms. The third-order valence-corrected chi connectivity index (χ3v) is 7.34. The van der Waals surface area contributed by atoms with Gasteiger partial charge in [-0.05, 0) is 35.4 Å². The van der Waals surface area contributed by atoms with Crippen LogP contribution in [0.5, 0.6) is 5.75 Å². The minimum atomic E-state index is -0.0228. The number of para-hydroxylation sites is 1. The molecule has 3 heterocycles. The highest BCUT2D eigenvalue weighted by atomic mass is 16.5. The third kappa shape index (κ3) is 4.78. The molecule has 0 atom stereocenters. The molecule has 0 radical (unpaired) electrons. The van der Waals surface area contributed by atoms with Crippen LogP contribution < -0.4 is 9.64 Å². The maximum absolute atomic E-state index is 13.3. The van der Waals surface area contributed by atoms with Crippen molar-refractivity contribution < 1.29 is 14.1 Å². The topological polar surface area (TPSA) is 84.6 Å². The van der Waals surface area contributed by atoms with Crippen LogP contribution >= 0.6 is 0 Å². The van der Waals surface area contributed by atoms with Crippen LogP contribution in [0.4, 0.5) is 5.82 Å². The summed E-state index contributed by atoms with van der Waals surface area (Å²) in [4.78, 5) is 27.2. The molecule has 1 aliphatic heterocycles. The number of unbranched alkanes of at least 4 members (excludes halogenated alkanes) is 1. The van der Waals surface area contributed by atoms with Gasteiger partial charge in [-0.3, -0.25) is 4.79 Å². The first kappa shape index (κ1) is 24.9. The van der Waals surface area contributed by atoms with E-state index in [2.05, 4.69) is 47.3 Å². The Morgan fingerprint density at radius 3 is 2.51 bits per heavy atom. The van der Waals surface area contributed by atoms with Gasteiger partial charge in [-0.15, -0.1) is 0 Å². The molecule has 1 fully saturated rings. The highest BCUT2D eigenvalue weighted by Crippen LogP contribution is 2.35. The summed E-state index contributed by atoms with van der Waals surface area (Å²) in [7, 11) is 1.59. The molecule has 0 N–H and O–H groups in total. The first-order valence-corrected chi connectivity index (χ1v) is 13.5. The molecule has 0 saturated carbocycles. The molecule has 5 aromatic rings. The number of aryl methyl sites for hydroxylation is 1. The summed E-state index contributed by atoms with van der Waals surface area (Å²) in [5.74, 6) is 2.14. The molecule has 0 bridgehead atoms.